The molecule has 0 saturated carbocycles. The summed E-state index contributed by atoms with van der Waals surface area (Å²) >= 11 is 0. The van der Waals surface area contributed by atoms with Crippen LogP contribution >= 0.6 is 0 Å². The van der Waals surface area contributed by atoms with E-state index in [1.54, 1.807) is 12.2 Å². The Morgan fingerprint density at radius 3 is 2.67 bits per heavy atom. The highest BCUT2D eigenvalue weighted by Crippen LogP contribution is 2.10. The van der Waals surface area contributed by atoms with E-state index in [0.717, 1.165) is 10.6 Å². The molecule has 0 radical (unpaired) electrons. The molecule has 3 N–H and O–H groups in total. The summed E-state index contributed by atoms with van der Waals surface area (Å²) in [6, 6.07) is -0.324. The van der Waals surface area contributed by atoms with Crippen LogP contribution in [0.2, 0.25) is 0 Å². The number of nitrogens with two attached hydrogens (primary N) is 1. The van der Waals surface area contributed by atoms with E-state index in [0.29, 0.717) is 12.2 Å². The zero-order valence-corrected chi connectivity index (χ0v) is 6.71. The van der Waals surface area contributed by atoms with Crippen molar-refractivity contribution in [2.75, 3.05) is 6.54 Å². The zero-order valence-electron chi connectivity index (χ0n) is 6.71. The van der Waals surface area contributed by atoms with Crippen LogP contribution in [0.1, 0.15) is 0 Å². The summed E-state index contributed by atoms with van der Waals surface area (Å²) in [6.07, 6.45) is 3.22. The van der Waals surface area contributed by atoms with Crippen molar-refractivity contribution in [3.63, 3.8) is 0 Å². The summed E-state index contributed by atoms with van der Waals surface area (Å²) in [5.74, 6) is 5.37. The van der Waals surface area contributed by atoms with Gasteiger partial charge in [0.05, 0.1) is 6.54 Å². The van der Waals surface area contributed by atoms with Gasteiger partial charge < -0.3 is 5.32 Å². The molecule has 4 nitrogen and oxygen atoms in total. The number of amides is 2. The molecule has 0 atom stereocenters. The van der Waals surface area contributed by atoms with Gasteiger partial charge in [0.2, 0.25) is 0 Å². The predicted molar refractivity (Wildman–Crippen MR) is 46.8 cm³/mol. The number of urea groups is 1. The molecule has 1 aliphatic heterocycles. The minimum atomic E-state index is -0.324. The lowest BCUT2D eigenvalue weighted by Crippen LogP contribution is -2.48. The van der Waals surface area contributed by atoms with Crippen molar-refractivity contribution < 1.29 is 4.79 Å². The van der Waals surface area contributed by atoms with Gasteiger partial charge in [-0.2, -0.15) is 0 Å². The summed E-state index contributed by atoms with van der Waals surface area (Å²) in [5, 5.41) is 3.66. The minimum absolute atomic E-state index is 0.324. The Hall–Kier alpha value is -1.55. The molecule has 0 aromatic rings. The largest absolute Gasteiger partial charge is 0.336 e. The molecule has 0 aromatic heterocycles. The zero-order chi connectivity index (χ0) is 9.14. The van der Waals surface area contributed by atoms with Crippen molar-refractivity contribution in [3.05, 3.63) is 36.6 Å². The average Bonchev–Trinajstić information content (AvgIpc) is 2.09. The van der Waals surface area contributed by atoms with Gasteiger partial charge in [0.1, 0.15) is 0 Å². The maximum absolute atomic E-state index is 11.0. The number of carbonyl (C=O) groups excluding carboxylic acids is 1. The Balaban J connectivity index is 2.97. The maximum atomic E-state index is 11.0. The molecule has 0 bridgehead atoms. The molecule has 12 heavy (non-hydrogen) atoms. The highest BCUT2D eigenvalue weighted by Gasteiger charge is 2.18. The number of carbonyl (C=O) groups is 1. The number of nitrogens with one attached hydrogen (secondary N) is 1. The molecule has 4 heteroatoms. The van der Waals surface area contributed by atoms with Crippen LogP contribution in [0.5, 0.6) is 0 Å². The average molecular weight is 165 g/mol. The topological polar surface area (TPSA) is 58.4 Å². The maximum Gasteiger partial charge on any atom is 0.336 e. The number of hydrogen-bond donors (Lipinski definition) is 2. The van der Waals surface area contributed by atoms with Gasteiger partial charge in [0.25, 0.3) is 0 Å². The standard InChI is InChI=1S/C8H11N3O/c1-3-6-5-11(9)8(12)10-7(6)4-2/h3-4H,1-2,5,9H2,(H,10,12). The number of hydrogen-bond acceptors (Lipinski definition) is 2. The number of rotatable bonds is 2. The first-order valence-corrected chi connectivity index (χ1v) is 3.50. The van der Waals surface area contributed by atoms with E-state index in [4.69, 9.17) is 5.84 Å². The third kappa shape index (κ3) is 1.38. The first-order chi connectivity index (χ1) is 5.69. The summed E-state index contributed by atoms with van der Waals surface area (Å²) in [4.78, 5) is 11.0. The van der Waals surface area contributed by atoms with Crippen LogP contribution in [0.15, 0.2) is 36.6 Å². The molecule has 64 valence electrons. The number of allylic oxidation sites excluding steroid dienone is 1. The first-order valence-electron chi connectivity index (χ1n) is 3.50. The second-order valence-corrected chi connectivity index (χ2v) is 2.41. The van der Waals surface area contributed by atoms with Crippen LogP contribution in [0, 0.1) is 0 Å². The van der Waals surface area contributed by atoms with Crippen LogP contribution in [-0.2, 0) is 0 Å². The van der Waals surface area contributed by atoms with E-state index in [1.807, 2.05) is 0 Å². The fourth-order valence-corrected chi connectivity index (χ4v) is 0.964. The number of nitrogens with zero attached hydrogens (tertiary/aromatic N) is 1. The van der Waals surface area contributed by atoms with Crippen molar-refractivity contribution in [3.8, 4) is 0 Å². The molecule has 1 rings (SSSR count). The molecule has 1 heterocycles. The third-order valence-corrected chi connectivity index (χ3v) is 1.64. The fraction of sp³-hybridized carbons (Fsp3) is 0.125. The molecule has 0 fully saturated rings. The van der Waals surface area contributed by atoms with Crippen molar-refractivity contribution in [1.82, 2.24) is 10.3 Å². The van der Waals surface area contributed by atoms with E-state index < -0.39 is 0 Å². The summed E-state index contributed by atoms with van der Waals surface area (Å²) in [7, 11) is 0. The highest BCUT2D eigenvalue weighted by molar-refractivity contribution is 5.78. The first kappa shape index (κ1) is 8.55. The normalized spacial score (nSPS) is 17.4. The molecular weight excluding hydrogens is 154 g/mol. The second kappa shape index (κ2) is 3.23. The lowest BCUT2D eigenvalue weighted by molar-refractivity contribution is 0.203. The van der Waals surface area contributed by atoms with Gasteiger partial charge in [-0.05, 0) is 11.6 Å². The highest BCUT2D eigenvalue weighted by atomic mass is 16.2. The van der Waals surface area contributed by atoms with E-state index in [9.17, 15) is 4.79 Å². The fourth-order valence-electron chi connectivity index (χ4n) is 0.964. The van der Waals surface area contributed by atoms with Crippen molar-refractivity contribution in [2.45, 2.75) is 0 Å². The minimum Gasteiger partial charge on any atom is -0.306 e. The van der Waals surface area contributed by atoms with Crippen LogP contribution in [0.25, 0.3) is 0 Å². The molecular formula is C8H11N3O. The summed E-state index contributed by atoms with van der Waals surface area (Å²) in [5.41, 5.74) is 1.55. The predicted octanol–water partition coefficient (Wildman–Crippen LogP) is 0.511. The SMILES string of the molecule is C=CC1=C(C=C)NC(=O)N(N)C1. The Bertz CT molecular complexity index is 267. The van der Waals surface area contributed by atoms with Gasteiger partial charge in [-0.3, -0.25) is 5.01 Å². The van der Waals surface area contributed by atoms with E-state index in [1.165, 1.54) is 0 Å². The van der Waals surface area contributed by atoms with Crippen LogP contribution in [-0.4, -0.2) is 17.6 Å². The van der Waals surface area contributed by atoms with E-state index >= 15 is 0 Å². The lowest BCUT2D eigenvalue weighted by Gasteiger charge is -2.25. The van der Waals surface area contributed by atoms with E-state index in [-0.39, 0.29) is 6.03 Å². The molecule has 0 aromatic carbocycles. The summed E-state index contributed by atoms with van der Waals surface area (Å²) < 4.78 is 0. The van der Waals surface area contributed by atoms with Crippen LogP contribution in [0.3, 0.4) is 0 Å². The van der Waals surface area contributed by atoms with Gasteiger partial charge in [0, 0.05) is 5.70 Å². The van der Waals surface area contributed by atoms with Gasteiger partial charge >= 0.3 is 6.03 Å². The van der Waals surface area contributed by atoms with Crippen LogP contribution < -0.4 is 11.2 Å². The number of hydrazine groups is 1. The summed E-state index contributed by atoms with van der Waals surface area (Å²) in [6.45, 7) is 7.54. The lowest BCUT2D eigenvalue weighted by atomic mass is 10.1. The molecule has 0 unspecified atom stereocenters. The van der Waals surface area contributed by atoms with E-state index in [2.05, 4.69) is 18.5 Å². The molecule has 0 aliphatic carbocycles. The van der Waals surface area contributed by atoms with Gasteiger partial charge in [-0.1, -0.05) is 19.2 Å². The smallest absolute Gasteiger partial charge is 0.306 e. The van der Waals surface area contributed by atoms with Crippen molar-refractivity contribution >= 4 is 6.03 Å². The van der Waals surface area contributed by atoms with Crippen molar-refractivity contribution in [2.24, 2.45) is 5.84 Å². The Labute approximate surface area is 71.0 Å². The van der Waals surface area contributed by atoms with Crippen molar-refractivity contribution in [1.29, 1.82) is 0 Å². The van der Waals surface area contributed by atoms with Gasteiger partial charge in [-0.25, -0.2) is 10.6 Å². The third-order valence-electron chi connectivity index (χ3n) is 1.64. The van der Waals surface area contributed by atoms with Crippen LogP contribution in [0.4, 0.5) is 4.79 Å². The Kier molecular flexibility index (Phi) is 2.30. The molecule has 2 amide bonds. The molecule has 1 aliphatic rings. The quantitative estimate of drug-likeness (QED) is 0.462. The second-order valence-electron chi connectivity index (χ2n) is 2.41. The van der Waals surface area contributed by atoms with Gasteiger partial charge in [-0.15, -0.1) is 0 Å². The molecule has 0 spiro atoms. The Morgan fingerprint density at radius 1 is 1.50 bits per heavy atom. The van der Waals surface area contributed by atoms with Gasteiger partial charge in [0.15, 0.2) is 0 Å². The molecule has 0 saturated heterocycles. The monoisotopic (exact) mass is 165 g/mol. The Morgan fingerprint density at radius 2 is 2.17 bits per heavy atom.